The van der Waals surface area contributed by atoms with E-state index in [4.69, 9.17) is 27.4 Å². The van der Waals surface area contributed by atoms with E-state index < -0.39 is 5.60 Å². The maximum Gasteiger partial charge on any atom is 0.121 e. The Kier molecular flexibility index (Phi) is 3.12. The third-order valence-corrected chi connectivity index (χ3v) is 4.77. The summed E-state index contributed by atoms with van der Waals surface area (Å²) in [7, 11) is 0. The first-order chi connectivity index (χ1) is 9.04. The molecule has 4 heteroatoms. The zero-order chi connectivity index (χ0) is 13.5. The van der Waals surface area contributed by atoms with E-state index in [9.17, 15) is 0 Å². The molecule has 3 atom stereocenters. The standard InChI is InChI=1S/C15H19NO2S/c1-14-7-8-15(18-14,13(16)19)9-12(14)17-10-11-5-3-2-4-6-11/h2-6,12H,7-10H2,1H3,(H2,16,19). The minimum absolute atomic E-state index is 0.0722. The molecule has 2 aliphatic heterocycles. The second-order valence-corrected chi connectivity index (χ2v) is 6.20. The first-order valence-corrected chi connectivity index (χ1v) is 7.11. The van der Waals surface area contributed by atoms with Gasteiger partial charge in [0.1, 0.15) is 10.6 Å². The number of benzene rings is 1. The molecule has 0 spiro atoms. The molecule has 3 nitrogen and oxygen atoms in total. The van der Waals surface area contributed by atoms with Crippen LogP contribution in [0.5, 0.6) is 0 Å². The van der Waals surface area contributed by atoms with Gasteiger partial charge in [0.25, 0.3) is 0 Å². The Hall–Kier alpha value is -0.970. The van der Waals surface area contributed by atoms with Crippen molar-refractivity contribution in [2.75, 3.05) is 0 Å². The summed E-state index contributed by atoms with van der Waals surface area (Å²) in [6, 6.07) is 10.2. The van der Waals surface area contributed by atoms with Gasteiger partial charge in [-0.2, -0.15) is 0 Å². The molecule has 19 heavy (non-hydrogen) atoms. The van der Waals surface area contributed by atoms with E-state index in [0.29, 0.717) is 11.6 Å². The molecular formula is C15H19NO2S. The summed E-state index contributed by atoms with van der Waals surface area (Å²) >= 11 is 5.17. The van der Waals surface area contributed by atoms with Gasteiger partial charge in [0.15, 0.2) is 0 Å². The highest BCUT2D eigenvalue weighted by Crippen LogP contribution is 2.52. The van der Waals surface area contributed by atoms with Crippen LogP contribution >= 0.6 is 12.2 Å². The van der Waals surface area contributed by atoms with E-state index in [0.717, 1.165) is 19.3 Å². The van der Waals surface area contributed by atoms with Gasteiger partial charge >= 0.3 is 0 Å². The van der Waals surface area contributed by atoms with Crippen LogP contribution in [0.2, 0.25) is 0 Å². The monoisotopic (exact) mass is 277 g/mol. The molecule has 2 heterocycles. The van der Waals surface area contributed by atoms with Gasteiger partial charge in [-0.1, -0.05) is 42.5 Å². The molecule has 2 N–H and O–H groups in total. The zero-order valence-corrected chi connectivity index (χ0v) is 11.9. The molecule has 2 bridgehead atoms. The van der Waals surface area contributed by atoms with Gasteiger partial charge in [0.2, 0.25) is 0 Å². The maximum absolute atomic E-state index is 6.12. The molecule has 0 radical (unpaired) electrons. The van der Waals surface area contributed by atoms with Crippen molar-refractivity contribution in [3.05, 3.63) is 35.9 Å². The lowest BCUT2D eigenvalue weighted by Crippen LogP contribution is -2.42. The van der Waals surface area contributed by atoms with E-state index in [1.807, 2.05) is 18.2 Å². The highest BCUT2D eigenvalue weighted by molar-refractivity contribution is 7.80. The Morgan fingerprint density at radius 2 is 2.16 bits per heavy atom. The normalized spacial score (nSPS) is 36.6. The van der Waals surface area contributed by atoms with Gasteiger partial charge in [0.05, 0.1) is 18.3 Å². The second kappa shape index (κ2) is 4.54. The van der Waals surface area contributed by atoms with Crippen LogP contribution in [0.3, 0.4) is 0 Å². The van der Waals surface area contributed by atoms with Crippen LogP contribution in [-0.2, 0) is 16.1 Å². The number of nitrogens with two attached hydrogens (primary N) is 1. The Morgan fingerprint density at radius 1 is 1.42 bits per heavy atom. The average molecular weight is 277 g/mol. The molecule has 1 aromatic carbocycles. The number of hydrogen-bond acceptors (Lipinski definition) is 3. The van der Waals surface area contributed by atoms with E-state index >= 15 is 0 Å². The van der Waals surface area contributed by atoms with Gasteiger partial charge < -0.3 is 15.2 Å². The molecule has 102 valence electrons. The van der Waals surface area contributed by atoms with E-state index in [-0.39, 0.29) is 11.7 Å². The van der Waals surface area contributed by atoms with Crippen LogP contribution in [0.4, 0.5) is 0 Å². The van der Waals surface area contributed by atoms with Crippen molar-refractivity contribution in [3.8, 4) is 0 Å². The number of rotatable bonds is 4. The summed E-state index contributed by atoms with van der Waals surface area (Å²) in [6.45, 7) is 2.72. The first kappa shape index (κ1) is 13.0. The summed E-state index contributed by atoms with van der Waals surface area (Å²) in [4.78, 5) is 0.474. The topological polar surface area (TPSA) is 44.5 Å². The fraction of sp³-hybridized carbons (Fsp3) is 0.533. The molecule has 0 saturated carbocycles. The highest BCUT2D eigenvalue weighted by atomic mass is 32.1. The van der Waals surface area contributed by atoms with Crippen molar-refractivity contribution in [1.82, 2.24) is 0 Å². The van der Waals surface area contributed by atoms with E-state index in [1.54, 1.807) is 0 Å². The van der Waals surface area contributed by atoms with Gasteiger partial charge in [0, 0.05) is 6.42 Å². The summed E-state index contributed by atoms with van der Waals surface area (Å²) in [6.07, 6.45) is 2.74. The Morgan fingerprint density at radius 3 is 2.79 bits per heavy atom. The lowest BCUT2D eigenvalue weighted by atomic mass is 9.80. The van der Waals surface area contributed by atoms with E-state index in [1.165, 1.54) is 5.56 Å². The van der Waals surface area contributed by atoms with Gasteiger partial charge in [-0.15, -0.1) is 0 Å². The summed E-state index contributed by atoms with van der Waals surface area (Å²) < 4.78 is 12.2. The summed E-state index contributed by atoms with van der Waals surface area (Å²) in [5.41, 5.74) is 6.37. The molecule has 3 rings (SSSR count). The van der Waals surface area contributed by atoms with Gasteiger partial charge in [-0.05, 0) is 25.3 Å². The van der Waals surface area contributed by atoms with Crippen molar-refractivity contribution < 1.29 is 9.47 Å². The largest absolute Gasteiger partial charge is 0.391 e. The Bertz CT molecular complexity index is 492. The molecule has 3 unspecified atom stereocenters. The lowest BCUT2D eigenvalue weighted by Gasteiger charge is -2.29. The summed E-state index contributed by atoms with van der Waals surface area (Å²) in [5.74, 6) is 0. The molecule has 0 aromatic heterocycles. The van der Waals surface area contributed by atoms with Crippen LogP contribution in [0.1, 0.15) is 31.7 Å². The van der Waals surface area contributed by atoms with Crippen LogP contribution in [0.25, 0.3) is 0 Å². The Balaban J connectivity index is 1.69. The van der Waals surface area contributed by atoms with Gasteiger partial charge in [-0.25, -0.2) is 0 Å². The SMILES string of the molecule is CC12CCC(C(N)=S)(CC1OCc1ccccc1)O2. The minimum Gasteiger partial charge on any atom is -0.391 e. The first-order valence-electron chi connectivity index (χ1n) is 6.70. The number of thiocarbonyl (C=S) groups is 1. The van der Waals surface area contributed by atoms with Crippen molar-refractivity contribution in [2.24, 2.45) is 5.73 Å². The van der Waals surface area contributed by atoms with Crippen LogP contribution < -0.4 is 5.73 Å². The van der Waals surface area contributed by atoms with Crippen molar-refractivity contribution >= 4 is 17.2 Å². The molecule has 1 aromatic rings. The van der Waals surface area contributed by atoms with Crippen molar-refractivity contribution in [1.29, 1.82) is 0 Å². The quantitative estimate of drug-likeness (QED) is 0.859. The summed E-state index contributed by atoms with van der Waals surface area (Å²) in [5, 5.41) is 0. The molecule has 0 amide bonds. The molecule has 2 saturated heterocycles. The fourth-order valence-electron chi connectivity index (χ4n) is 3.16. The molecule has 2 fully saturated rings. The van der Waals surface area contributed by atoms with Crippen LogP contribution in [0.15, 0.2) is 30.3 Å². The highest BCUT2D eigenvalue weighted by Gasteiger charge is 2.61. The lowest BCUT2D eigenvalue weighted by molar-refractivity contribution is -0.0755. The zero-order valence-electron chi connectivity index (χ0n) is 11.1. The second-order valence-electron chi connectivity index (χ2n) is 5.76. The predicted octanol–water partition coefficient (Wildman–Crippen LogP) is 2.57. The Labute approximate surface area is 119 Å². The number of fused-ring (bicyclic) bond motifs is 2. The number of ether oxygens (including phenoxy) is 2. The van der Waals surface area contributed by atoms with Crippen molar-refractivity contribution in [3.63, 3.8) is 0 Å². The fourth-order valence-corrected chi connectivity index (χ4v) is 3.39. The average Bonchev–Trinajstić information content (AvgIpc) is 2.90. The predicted molar refractivity (Wildman–Crippen MR) is 77.9 cm³/mol. The van der Waals surface area contributed by atoms with E-state index in [2.05, 4.69) is 19.1 Å². The van der Waals surface area contributed by atoms with Crippen LogP contribution in [-0.4, -0.2) is 22.3 Å². The minimum atomic E-state index is -0.425. The molecule has 2 aliphatic rings. The maximum atomic E-state index is 6.12. The number of hydrogen-bond donors (Lipinski definition) is 1. The van der Waals surface area contributed by atoms with Crippen molar-refractivity contribution in [2.45, 2.75) is 50.1 Å². The molecule has 0 aliphatic carbocycles. The van der Waals surface area contributed by atoms with Crippen LogP contribution in [0, 0.1) is 0 Å². The third-order valence-electron chi connectivity index (χ3n) is 4.39. The smallest absolute Gasteiger partial charge is 0.121 e. The van der Waals surface area contributed by atoms with Gasteiger partial charge in [-0.3, -0.25) is 0 Å². The third kappa shape index (κ3) is 2.18. The molecular weight excluding hydrogens is 258 g/mol.